The lowest BCUT2D eigenvalue weighted by Crippen LogP contribution is -2.54. The lowest BCUT2D eigenvalue weighted by molar-refractivity contribution is -0.140. The number of nitrogens with zero attached hydrogens (tertiary/aromatic N) is 2. The van der Waals surface area contributed by atoms with Crippen LogP contribution in [0.5, 0.6) is 0 Å². The highest BCUT2D eigenvalue weighted by atomic mass is 35.5. The van der Waals surface area contributed by atoms with Crippen molar-refractivity contribution in [2.45, 2.75) is 57.6 Å². The second-order valence-electron chi connectivity index (χ2n) is 11.1. The lowest BCUT2D eigenvalue weighted by atomic mass is 10.0. The molecule has 0 aliphatic heterocycles. The molecule has 7 nitrogen and oxygen atoms in total. The van der Waals surface area contributed by atoms with Crippen LogP contribution >= 0.6 is 11.6 Å². The fraction of sp³-hybridized carbons (Fsp3) is 0.257. The van der Waals surface area contributed by atoms with Gasteiger partial charge in [0.05, 0.1) is 10.6 Å². The number of para-hydroxylation sites is 1. The predicted octanol–water partition coefficient (Wildman–Crippen LogP) is 6.32. The van der Waals surface area contributed by atoms with E-state index in [4.69, 9.17) is 11.6 Å². The Balaban J connectivity index is 1.81. The molecule has 0 saturated heterocycles. The van der Waals surface area contributed by atoms with Crippen molar-refractivity contribution in [1.29, 1.82) is 0 Å². The summed E-state index contributed by atoms with van der Waals surface area (Å²) in [6.07, 6.45) is 0.244. The number of rotatable bonds is 12. The van der Waals surface area contributed by atoms with Crippen molar-refractivity contribution in [2.75, 3.05) is 10.8 Å². The number of hydrogen-bond acceptors (Lipinski definition) is 4. The van der Waals surface area contributed by atoms with Crippen molar-refractivity contribution in [1.82, 2.24) is 10.2 Å². The van der Waals surface area contributed by atoms with Gasteiger partial charge in [-0.05, 0) is 74.7 Å². The van der Waals surface area contributed by atoms with E-state index in [-0.39, 0.29) is 29.8 Å². The smallest absolute Gasteiger partial charge is 0.264 e. The Kier molecular flexibility index (Phi) is 10.8. The molecular formula is C35H38ClN3O4S. The number of anilines is 1. The highest BCUT2D eigenvalue weighted by Gasteiger charge is 2.35. The molecule has 0 radical (unpaired) electrons. The third-order valence-electron chi connectivity index (χ3n) is 7.24. The van der Waals surface area contributed by atoms with E-state index in [9.17, 15) is 18.0 Å². The summed E-state index contributed by atoms with van der Waals surface area (Å²) in [6.45, 7) is 6.97. The van der Waals surface area contributed by atoms with Gasteiger partial charge in [0.1, 0.15) is 12.6 Å². The second kappa shape index (κ2) is 14.6. The van der Waals surface area contributed by atoms with E-state index in [0.717, 1.165) is 21.0 Å². The Morgan fingerprint density at radius 3 is 2.02 bits per heavy atom. The Labute approximate surface area is 265 Å². The number of hydrogen-bond donors (Lipinski definition) is 1. The summed E-state index contributed by atoms with van der Waals surface area (Å²) in [7, 11) is -4.16. The first kappa shape index (κ1) is 32.8. The molecule has 1 unspecified atom stereocenters. The fourth-order valence-corrected chi connectivity index (χ4v) is 6.52. The van der Waals surface area contributed by atoms with Crippen molar-refractivity contribution in [2.24, 2.45) is 0 Å². The average Bonchev–Trinajstić information content (AvgIpc) is 2.99. The number of benzene rings is 4. The van der Waals surface area contributed by atoms with Gasteiger partial charge in [-0.1, -0.05) is 90.0 Å². The first-order chi connectivity index (χ1) is 21.0. The molecule has 4 aromatic carbocycles. The van der Waals surface area contributed by atoms with Crippen LogP contribution in [0, 0.1) is 13.8 Å². The molecule has 0 saturated carbocycles. The minimum Gasteiger partial charge on any atom is -0.352 e. The minimum absolute atomic E-state index is 0.0711. The van der Waals surface area contributed by atoms with Gasteiger partial charge < -0.3 is 10.2 Å². The largest absolute Gasteiger partial charge is 0.352 e. The number of nitrogens with one attached hydrogen (secondary N) is 1. The topological polar surface area (TPSA) is 86.8 Å². The standard InChI is InChI=1S/C35H38ClN3O4S/c1-25(2)37-35(41)33(22-28-11-6-5-7-12-28)38(23-29-16-18-30(36)19-17-29)34(40)24-39(32-13-9-8-10-27(32)4)44(42,43)31-20-14-26(3)15-21-31/h5-21,25,33H,22-24H2,1-4H3,(H,37,41). The van der Waals surface area contributed by atoms with Crippen LogP contribution < -0.4 is 9.62 Å². The quantitative estimate of drug-likeness (QED) is 0.198. The van der Waals surface area contributed by atoms with E-state index in [1.54, 1.807) is 73.7 Å². The SMILES string of the molecule is Cc1ccc(S(=O)(=O)N(CC(=O)N(Cc2ccc(Cl)cc2)C(Cc2ccccc2)C(=O)NC(C)C)c2ccccc2C)cc1. The molecule has 0 aliphatic rings. The normalized spacial score (nSPS) is 12.0. The van der Waals surface area contributed by atoms with Crippen molar-refractivity contribution in [3.63, 3.8) is 0 Å². The first-order valence-corrected chi connectivity index (χ1v) is 16.3. The van der Waals surface area contributed by atoms with Gasteiger partial charge in [-0.25, -0.2) is 8.42 Å². The molecule has 2 amide bonds. The number of carbonyl (C=O) groups is 2. The molecule has 9 heteroatoms. The van der Waals surface area contributed by atoms with Crippen molar-refractivity contribution < 1.29 is 18.0 Å². The zero-order valence-corrected chi connectivity index (χ0v) is 27.0. The molecule has 0 spiro atoms. The summed E-state index contributed by atoms with van der Waals surface area (Å²) >= 11 is 6.14. The van der Waals surface area contributed by atoms with Crippen LogP contribution in [-0.4, -0.2) is 43.8 Å². The van der Waals surface area contributed by atoms with Crippen molar-refractivity contribution in [3.05, 3.63) is 130 Å². The molecule has 4 aromatic rings. The summed E-state index contributed by atoms with van der Waals surface area (Å²) in [5.74, 6) is -0.839. The molecular weight excluding hydrogens is 594 g/mol. The van der Waals surface area contributed by atoms with Crippen LogP contribution in [0.2, 0.25) is 5.02 Å². The molecule has 1 atom stereocenters. The zero-order chi connectivity index (χ0) is 31.9. The number of carbonyl (C=O) groups excluding carboxylic acids is 2. The molecule has 0 aromatic heterocycles. The maximum atomic E-state index is 14.5. The van der Waals surface area contributed by atoms with Crippen LogP contribution in [0.25, 0.3) is 0 Å². The van der Waals surface area contributed by atoms with E-state index in [0.29, 0.717) is 16.3 Å². The minimum atomic E-state index is -4.16. The Morgan fingerprint density at radius 2 is 1.41 bits per heavy atom. The summed E-state index contributed by atoms with van der Waals surface area (Å²) < 4.78 is 29.4. The van der Waals surface area contributed by atoms with E-state index < -0.39 is 28.5 Å². The lowest BCUT2D eigenvalue weighted by Gasteiger charge is -2.34. The average molecular weight is 632 g/mol. The molecule has 1 N–H and O–H groups in total. The van der Waals surface area contributed by atoms with Gasteiger partial charge in [-0.3, -0.25) is 13.9 Å². The van der Waals surface area contributed by atoms with Crippen LogP contribution in [0.1, 0.15) is 36.1 Å². The van der Waals surface area contributed by atoms with Gasteiger partial charge in [-0.2, -0.15) is 0 Å². The van der Waals surface area contributed by atoms with Crippen molar-refractivity contribution in [3.8, 4) is 0 Å². The zero-order valence-electron chi connectivity index (χ0n) is 25.4. The van der Waals surface area contributed by atoms with Crippen molar-refractivity contribution >= 4 is 39.1 Å². The van der Waals surface area contributed by atoms with Crippen LogP contribution in [0.4, 0.5) is 5.69 Å². The monoisotopic (exact) mass is 631 g/mol. The molecule has 230 valence electrons. The van der Waals surface area contributed by atoms with Gasteiger partial charge in [0, 0.05) is 24.0 Å². The van der Waals surface area contributed by atoms with E-state index >= 15 is 0 Å². The molecule has 0 bridgehead atoms. The Bertz CT molecular complexity index is 1680. The summed E-state index contributed by atoms with van der Waals surface area (Å²) in [4.78, 5) is 29.8. The van der Waals surface area contributed by atoms with Crippen LogP contribution in [-0.2, 0) is 32.6 Å². The van der Waals surface area contributed by atoms with E-state index in [1.165, 1.54) is 4.90 Å². The van der Waals surface area contributed by atoms with Gasteiger partial charge in [0.25, 0.3) is 10.0 Å². The van der Waals surface area contributed by atoms with Gasteiger partial charge >= 0.3 is 0 Å². The molecule has 0 heterocycles. The van der Waals surface area contributed by atoms with E-state index in [2.05, 4.69) is 5.32 Å². The first-order valence-electron chi connectivity index (χ1n) is 14.5. The molecule has 4 rings (SSSR count). The van der Waals surface area contributed by atoms with E-state index in [1.807, 2.05) is 57.2 Å². The molecule has 0 fully saturated rings. The third-order valence-corrected chi connectivity index (χ3v) is 9.27. The third kappa shape index (κ3) is 8.27. The van der Waals surface area contributed by atoms with Gasteiger partial charge in [-0.15, -0.1) is 0 Å². The fourth-order valence-electron chi connectivity index (χ4n) is 4.92. The highest BCUT2D eigenvalue weighted by molar-refractivity contribution is 7.92. The molecule has 0 aliphatic carbocycles. The summed E-state index contributed by atoms with van der Waals surface area (Å²) in [5.41, 5.74) is 3.62. The highest BCUT2D eigenvalue weighted by Crippen LogP contribution is 2.28. The number of halogens is 1. The number of sulfonamides is 1. The van der Waals surface area contributed by atoms with Crippen LogP contribution in [0.3, 0.4) is 0 Å². The number of amides is 2. The predicted molar refractivity (Wildman–Crippen MR) is 176 cm³/mol. The van der Waals surface area contributed by atoms with Gasteiger partial charge in [0.15, 0.2) is 0 Å². The summed E-state index contributed by atoms with van der Waals surface area (Å²) in [5, 5.41) is 3.50. The summed E-state index contributed by atoms with van der Waals surface area (Å²) in [6, 6.07) is 29.0. The second-order valence-corrected chi connectivity index (χ2v) is 13.4. The molecule has 44 heavy (non-hydrogen) atoms. The number of aryl methyl sites for hydroxylation is 2. The maximum absolute atomic E-state index is 14.5. The maximum Gasteiger partial charge on any atom is 0.264 e. The Morgan fingerprint density at radius 1 is 0.795 bits per heavy atom. The Hall–Kier alpha value is -4.14. The van der Waals surface area contributed by atoms with Gasteiger partial charge in [0.2, 0.25) is 11.8 Å². The van der Waals surface area contributed by atoms with Crippen LogP contribution in [0.15, 0.2) is 108 Å².